The summed E-state index contributed by atoms with van der Waals surface area (Å²) in [5, 5.41) is 13.2. The number of pyridine rings is 1. The maximum absolute atomic E-state index is 13.2. The number of carbonyl (C=O) groups excluding carboxylic acids is 1. The number of hydrogen-bond acceptors (Lipinski definition) is 4. The number of amides is 1. The van der Waals surface area contributed by atoms with Crippen molar-refractivity contribution in [1.29, 1.82) is 0 Å². The molecule has 1 aliphatic rings. The van der Waals surface area contributed by atoms with Gasteiger partial charge in [0, 0.05) is 19.2 Å². The topological polar surface area (TPSA) is 68.3 Å². The minimum absolute atomic E-state index is 0.0189. The maximum atomic E-state index is 13.2. The molecule has 1 amide bonds. The van der Waals surface area contributed by atoms with Crippen molar-refractivity contribution in [2.45, 2.75) is 32.9 Å². The summed E-state index contributed by atoms with van der Waals surface area (Å²) >= 11 is 0. The fraction of sp³-hybridized carbons (Fsp3) is 0.273. The van der Waals surface area contributed by atoms with Crippen molar-refractivity contribution in [3.8, 4) is 0 Å². The molecule has 146 valence electrons. The van der Waals surface area contributed by atoms with E-state index in [0.29, 0.717) is 18.7 Å². The zero-order valence-corrected chi connectivity index (χ0v) is 16.5. The van der Waals surface area contributed by atoms with Gasteiger partial charge in [-0.05, 0) is 31.0 Å². The number of aromatic nitrogens is 5. The van der Waals surface area contributed by atoms with Crippen molar-refractivity contribution in [3.05, 3.63) is 83.2 Å². The molecule has 4 aromatic rings. The van der Waals surface area contributed by atoms with Gasteiger partial charge in [-0.1, -0.05) is 36.4 Å². The summed E-state index contributed by atoms with van der Waals surface area (Å²) in [7, 11) is 0. The van der Waals surface area contributed by atoms with Crippen LogP contribution in [0.2, 0.25) is 0 Å². The van der Waals surface area contributed by atoms with Gasteiger partial charge in [-0.2, -0.15) is 5.10 Å². The van der Waals surface area contributed by atoms with Crippen LogP contribution >= 0.6 is 0 Å². The number of benzene rings is 1. The lowest BCUT2D eigenvalue weighted by atomic mass is 10.1. The summed E-state index contributed by atoms with van der Waals surface area (Å²) in [4.78, 5) is 15.1. The summed E-state index contributed by atoms with van der Waals surface area (Å²) in [6.45, 7) is 5.19. The van der Waals surface area contributed by atoms with Gasteiger partial charge in [0.2, 0.25) is 0 Å². The Bertz CT molecular complexity index is 1190. The lowest BCUT2D eigenvalue weighted by molar-refractivity contribution is 0.0681. The van der Waals surface area contributed by atoms with Crippen LogP contribution in [0.4, 0.5) is 0 Å². The minimum Gasteiger partial charge on any atom is -0.329 e. The van der Waals surface area contributed by atoms with Crippen molar-refractivity contribution in [1.82, 2.24) is 29.3 Å². The predicted molar refractivity (Wildman–Crippen MR) is 109 cm³/mol. The molecule has 0 fully saturated rings. The summed E-state index contributed by atoms with van der Waals surface area (Å²) in [6.07, 6.45) is 4.32. The van der Waals surface area contributed by atoms with E-state index in [2.05, 4.69) is 38.9 Å². The Kier molecular flexibility index (Phi) is 4.16. The molecule has 1 aromatic carbocycles. The molecule has 0 radical (unpaired) electrons. The third-order valence-corrected chi connectivity index (χ3v) is 5.48. The van der Waals surface area contributed by atoms with Gasteiger partial charge in [0.25, 0.3) is 5.91 Å². The number of aryl methyl sites for hydroxylation is 1. The quantitative estimate of drug-likeness (QED) is 0.543. The Hall–Kier alpha value is -3.48. The maximum Gasteiger partial charge on any atom is 0.258 e. The molecule has 4 heterocycles. The second-order valence-corrected chi connectivity index (χ2v) is 7.69. The van der Waals surface area contributed by atoms with Gasteiger partial charge in [-0.15, -0.1) is 10.2 Å². The standard InChI is InChI=1S/C22H22N6O/c1-15-8-9-19-18(11-23-27(19)12-15)22(29)26-13-16(2)28-20(24-25-21(28)14-26)10-17-6-4-3-5-7-17/h3-9,11-12,16H,10,13-14H2,1-2H3/t16-/m0/s1. The summed E-state index contributed by atoms with van der Waals surface area (Å²) < 4.78 is 3.94. The zero-order valence-electron chi connectivity index (χ0n) is 16.5. The van der Waals surface area contributed by atoms with E-state index in [0.717, 1.165) is 29.1 Å². The SMILES string of the molecule is Cc1ccc2c(C(=O)N3Cc4nnc(Cc5ccccc5)n4[C@@H](C)C3)cnn2c1. The van der Waals surface area contributed by atoms with E-state index in [1.807, 2.05) is 48.4 Å². The van der Waals surface area contributed by atoms with Gasteiger partial charge in [-0.3, -0.25) is 4.79 Å². The molecule has 7 heteroatoms. The van der Waals surface area contributed by atoms with E-state index in [9.17, 15) is 4.79 Å². The molecule has 0 saturated carbocycles. The second kappa shape index (κ2) is 6.84. The van der Waals surface area contributed by atoms with Gasteiger partial charge in [0.15, 0.2) is 5.82 Å². The van der Waals surface area contributed by atoms with E-state index in [4.69, 9.17) is 0 Å². The molecule has 0 N–H and O–H groups in total. The van der Waals surface area contributed by atoms with Crippen LogP contribution < -0.4 is 0 Å². The van der Waals surface area contributed by atoms with Crippen LogP contribution in [0.3, 0.4) is 0 Å². The molecule has 0 spiro atoms. The average Bonchev–Trinajstić information content (AvgIpc) is 3.32. The van der Waals surface area contributed by atoms with E-state index in [1.54, 1.807) is 10.7 Å². The Balaban J connectivity index is 1.42. The molecule has 0 unspecified atom stereocenters. The van der Waals surface area contributed by atoms with Crippen molar-refractivity contribution < 1.29 is 4.79 Å². The lowest BCUT2D eigenvalue weighted by Gasteiger charge is -2.32. The van der Waals surface area contributed by atoms with Crippen LogP contribution in [0, 0.1) is 6.92 Å². The average molecular weight is 386 g/mol. The summed E-state index contributed by atoms with van der Waals surface area (Å²) in [6, 6.07) is 14.3. The van der Waals surface area contributed by atoms with E-state index in [-0.39, 0.29) is 11.9 Å². The molecular weight excluding hydrogens is 364 g/mol. The van der Waals surface area contributed by atoms with E-state index in [1.165, 1.54) is 5.56 Å². The van der Waals surface area contributed by atoms with Gasteiger partial charge < -0.3 is 9.47 Å². The third-order valence-electron chi connectivity index (χ3n) is 5.48. The molecule has 1 aliphatic heterocycles. The van der Waals surface area contributed by atoms with Crippen LogP contribution in [0.5, 0.6) is 0 Å². The number of fused-ring (bicyclic) bond motifs is 2. The molecule has 1 atom stereocenters. The molecule has 7 nitrogen and oxygen atoms in total. The number of carbonyl (C=O) groups is 1. The second-order valence-electron chi connectivity index (χ2n) is 7.69. The van der Waals surface area contributed by atoms with Crippen LogP contribution in [0.1, 0.15) is 46.1 Å². The normalized spacial score (nSPS) is 16.2. The highest BCUT2D eigenvalue weighted by atomic mass is 16.2. The fourth-order valence-corrected chi connectivity index (χ4v) is 4.09. The van der Waals surface area contributed by atoms with Gasteiger partial charge in [0.1, 0.15) is 5.82 Å². The largest absolute Gasteiger partial charge is 0.329 e. The molecular formula is C22H22N6O. The number of nitrogens with zero attached hydrogens (tertiary/aromatic N) is 6. The van der Waals surface area contributed by atoms with Crippen molar-refractivity contribution in [2.75, 3.05) is 6.54 Å². The van der Waals surface area contributed by atoms with Gasteiger partial charge in [-0.25, -0.2) is 4.52 Å². The van der Waals surface area contributed by atoms with Crippen LogP contribution in [0.25, 0.3) is 5.52 Å². The highest BCUT2D eigenvalue weighted by Crippen LogP contribution is 2.25. The van der Waals surface area contributed by atoms with Gasteiger partial charge in [0.05, 0.1) is 29.9 Å². The third kappa shape index (κ3) is 3.08. The summed E-state index contributed by atoms with van der Waals surface area (Å²) in [5.41, 5.74) is 3.75. The van der Waals surface area contributed by atoms with E-state index >= 15 is 0 Å². The minimum atomic E-state index is -0.0189. The number of rotatable bonds is 3. The Morgan fingerprint density at radius 3 is 2.79 bits per heavy atom. The predicted octanol–water partition coefficient (Wildman–Crippen LogP) is 3.04. The highest BCUT2D eigenvalue weighted by molar-refractivity contribution is 6.00. The first-order valence-corrected chi connectivity index (χ1v) is 9.80. The molecule has 0 bridgehead atoms. The van der Waals surface area contributed by atoms with Crippen molar-refractivity contribution >= 4 is 11.4 Å². The first kappa shape index (κ1) is 17.6. The first-order valence-electron chi connectivity index (χ1n) is 9.80. The molecule has 3 aromatic heterocycles. The fourth-order valence-electron chi connectivity index (χ4n) is 4.09. The van der Waals surface area contributed by atoms with E-state index < -0.39 is 0 Å². The molecule has 5 rings (SSSR count). The smallest absolute Gasteiger partial charge is 0.258 e. The number of hydrogen-bond donors (Lipinski definition) is 0. The first-order chi connectivity index (χ1) is 14.1. The van der Waals surface area contributed by atoms with Crippen LogP contribution in [0.15, 0.2) is 54.9 Å². The highest BCUT2D eigenvalue weighted by Gasteiger charge is 2.30. The van der Waals surface area contributed by atoms with Crippen LogP contribution in [-0.2, 0) is 13.0 Å². The Labute approximate surface area is 168 Å². The monoisotopic (exact) mass is 386 g/mol. The Morgan fingerprint density at radius 1 is 1.14 bits per heavy atom. The Morgan fingerprint density at radius 2 is 1.97 bits per heavy atom. The van der Waals surface area contributed by atoms with Gasteiger partial charge >= 0.3 is 0 Å². The van der Waals surface area contributed by atoms with Crippen molar-refractivity contribution in [3.63, 3.8) is 0 Å². The molecule has 0 aliphatic carbocycles. The molecule has 0 saturated heterocycles. The zero-order chi connectivity index (χ0) is 20.0. The lowest BCUT2D eigenvalue weighted by Crippen LogP contribution is -2.40. The molecule has 29 heavy (non-hydrogen) atoms. The van der Waals surface area contributed by atoms with Crippen LogP contribution in [-0.4, -0.2) is 41.7 Å². The summed E-state index contributed by atoms with van der Waals surface area (Å²) in [5.74, 6) is 1.75. The van der Waals surface area contributed by atoms with Crippen molar-refractivity contribution in [2.24, 2.45) is 0 Å².